The number of rotatable bonds is 7. The molecule has 2 N–H and O–H groups in total. The molecule has 186 valence electrons. The van der Waals surface area contributed by atoms with Crippen LogP contribution >= 0.6 is 0 Å². The second-order valence-electron chi connectivity index (χ2n) is 8.65. The monoisotopic (exact) mass is 489 g/mol. The molecule has 3 heterocycles. The van der Waals surface area contributed by atoms with Gasteiger partial charge in [0.1, 0.15) is 11.9 Å². The summed E-state index contributed by atoms with van der Waals surface area (Å²) in [5.41, 5.74) is -0.417. The van der Waals surface area contributed by atoms with Crippen LogP contribution in [0.3, 0.4) is 0 Å². The molecule has 0 radical (unpaired) electrons. The molecule has 0 bridgehead atoms. The fourth-order valence-corrected chi connectivity index (χ4v) is 4.05. The number of benzene rings is 1. The maximum atomic E-state index is 14.7. The minimum atomic E-state index is -4.64. The van der Waals surface area contributed by atoms with E-state index in [0.717, 1.165) is 6.54 Å². The molecule has 1 aromatic carbocycles. The number of aryl methyl sites for hydroxylation is 1. The molecule has 1 fully saturated rings. The lowest BCUT2D eigenvalue weighted by atomic mass is 9.99. The maximum Gasteiger partial charge on any atom is 0.417 e. The highest BCUT2D eigenvalue weighted by Gasteiger charge is 2.35. The molecule has 1 aliphatic heterocycles. The summed E-state index contributed by atoms with van der Waals surface area (Å²) >= 11 is 0. The van der Waals surface area contributed by atoms with E-state index >= 15 is 0 Å². The van der Waals surface area contributed by atoms with Crippen molar-refractivity contribution in [2.45, 2.75) is 31.7 Å². The summed E-state index contributed by atoms with van der Waals surface area (Å²) in [7, 11) is 1.86. The van der Waals surface area contributed by atoms with Crippen LogP contribution in [0.15, 0.2) is 47.5 Å². The van der Waals surface area contributed by atoms with Crippen molar-refractivity contribution < 1.29 is 22.0 Å². The third-order valence-electron chi connectivity index (χ3n) is 5.89. The summed E-state index contributed by atoms with van der Waals surface area (Å²) in [6.07, 6.45) is -0.265. The Bertz CT molecular complexity index is 1240. The summed E-state index contributed by atoms with van der Waals surface area (Å²) in [5, 5.41) is 7.00. The van der Waals surface area contributed by atoms with Crippen LogP contribution in [0.5, 0.6) is 0 Å². The Morgan fingerprint density at radius 3 is 2.80 bits per heavy atom. The number of likely N-dealkylation sites (tertiary alicyclic amines) is 1. The number of allylic oxidation sites excluding steroid dienone is 1. The summed E-state index contributed by atoms with van der Waals surface area (Å²) in [6.45, 7) is 6.38. The topological polar surface area (TPSA) is 66.2 Å². The first kappa shape index (κ1) is 24.7. The number of alkyl halides is 4. The van der Waals surface area contributed by atoms with Crippen LogP contribution in [0, 0.1) is 6.92 Å². The Morgan fingerprint density at radius 1 is 1.31 bits per heavy atom. The van der Waals surface area contributed by atoms with Crippen molar-refractivity contribution in [3.8, 4) is 0 Å². The molecule has 0 aliphatic carbocycles. The third kappa shape index (κ3) is 5.82. The molecule has 1 saturated heterocycles. The molecule has 2 atom stereocenters. The molecule has 3 aromatic rings. The number of nitrogens with zero attached hydrogens (tertiary/aromatic N) is 3. The van der Waals surface area contributed by atoms with Crippen LogP contribution in [0.4, 0.5) is 29.3 Å². The molecule has 1 aliphatic rings. The first-order chi connectivity index (χ1) is 16.6. The second kappa shape index (κ2) is 10.1. The lowest BCUT2D eigenvalue weighted by Crippen LogP contribution is -2.46. The normalized spacial score (nSPS) is 19.4. The second-order valence-corrected chi connectivity index (χ2v) is 8.65. The Hall–Kier alpha value is -3.40. The first-order valence-electron chi connectivity index (χ1n) is 11.2. The number of anilines is 2. The van der Waals surface area contributed by atoms with Crippen molar-refractivity contribution >= 4 is 34.1 Å². The molecular formula is C25H27F4N5O. The van der Waals surface area contributed by atoms with Crippen LogP contribution < -0.4 is 10.6 Å². The zero-order valence-electron chi connectivity index (χ0n) is 19.5. The maximum absolute atomic E-state index is 14.7. The van der Waals surface area contributed by atoms with E-state index < -0.39 is 24.0 Å². The summed E-state index contributed by atoms with van der Waals surface area (Å²) in [4.78, 5) is 10.2. The number of hydrogen-bond donors (Lipinski definition) is 2. The lowest BCUT2D eigenvalue weighted by molar-refractivity contribution is -0.0688. The van der Waals surface area contributed by atoms with Crippen molar-refractivity contribution in [2.75, 3.05) is 37.3 Å². The minimum absolute atomic E-state index is 0.255. The summed E-state index contributed by atoms with van der Waals surface area (Å²) < 4.78 is 60.8. The minimum Gasteiger partial charge on any atom is -0.429 e. The van der Waals surface area contributed by atoms with E-state index in [1.807, 2.05) is 11.9 Å². The van der Waals surface area contributed by atoms with E-state index in [1.165, 1.54) is 0 Å². The van der Waals surface area contributed by atoms with Crippen molar-refractivity contribution in [3.63, 3.8) is 0 Å². The van der Waals surface area contributed by atoms with Crippen LogP contribution in [0.2, 0.25) is 0 Å². The number of aromatic nitrogens is 2. The number of oxazole rings is 1. The molecule has 6 nitrogen and oxygen atoms in total. The Morgan fingerprint density at radius 2 is 2.11 bits per heavy atom. The average Bonchev–Trinajstić information content (AvgIpc) is 3.22. The molecule has 0 spiro atoms. The van der Waals surface area contributed by atoms with Gasteiger partial charge < -0.3 is 20.0 Å². The van der Waals surface area contributed by atoms with E-state index in [1.54, 1.807) is 49.5 Å². The van der Waals surface area contributed by atoms with E-state index in [0.29, 0.717) is 53.4 Å². The van der Waals surface area contributed by atoms with Gasteiger partial charge in [-0.15, -0.1) is 0 Å². The Labute approximate surface area is 200 Å². The van der Waals surface area contributed by atoms with Gasteiger partial charge in [0.25, 0.3) is 6.01 Å². The zero-order chi connectivity index (χ0) is 25.2. The molecular weight excluding hydrogens is 462 g/mol. The highest BCUT2D eigenvalue weighted by molar-refractivity contribution is 6.00. The Kier molecular flexibility index (Phi) is 7.11. The third-order valence-corrected chi connectivity index (χ3v) is 5.89. The van der Waals surface area contributed by atoms with Gasteiger partial charge in [0.15, 0.2) is 0 Å². The predicted octanol–water partition coefficient (Wildman–Crippen LogP) is 5.69. The van der Waals surface area contributed by atoms with Crippen LogP contribution in [-0.2, 0) is 0 Å². The summed E-state index contributed by atoms with van der Waals surface area (Å²) in [5.74, 6) is 0.656. The quantitative estimate of drug-likeness (QED) is 0.416. The van der Waals surface area contributed by atoms with E-state index in [2.05, 4.69) is 27.2 Å². The van der Waals surface area contributed by atoms with Crippen LogP contribution in [0.25, 0.3) is 22.4 Å². The van der Waals surface area contributed by atoms with Gasteiger partial charge >= 0.3 is 6.18 Å². The molecule has 10 heteroatoms. The van der Waals surface area contributed by atoms with E-state index in [9.17, 15) is 17.6 Å². The molecule has 0 unspecified atom stereocenters. The van der Waals surface area contributed by atoms with Crippen LogP contribution in [0.1, 0.15) is 23.6 Å². The number of fused-ring (bicyclic) bond motifs is 1. The smallest absolute Gasteiger partial charge is 0.417 e. The zero-order valence-corrected chi connectivity index (χ0v) is 19.5. The number of pyridine rings is 1. The van der Waals surface area contributed by atoms with Crippen molar-refractivity contribution in [1.29, 1.82) is 0 Å². The number of hydrogen-bond acceptors (Lipinski definition) is 6. The van der Waals surface area contributed by atoms with Crippen molar-refractivity contribution in [2.24, 2.45) is 0 Å². The van der Waals surface area contributed by atoms with Gasteiger partial charge in [-0.3, -0.25) is 0 Å². The molecule has 4 rings (SSSR count). The Balaban J connectivity index is 1.67. The van der Waals surface area contributed by atoms with Gasteiger partial charge in [-0.25, -0.2) is 14.4 Å². The number of halogens is 4. The largest absolute Gasteiger partial charge is 0.429 e. The van der Waals surface area contributed by atoms with Crippen LogP contribution in [-0.4, -0.2) is 59.9 Å². The van der Waals surface area contributed by atoms with Gasteiger partial charge in [-0.1, -0.05) is 24.8 Å². The number of nitrogens with one attached hydrogen (secondary N) is 2. The SMILES string of the molecule is C=C(c1nc(/C=C/CNc2ncc(C)o2)cc2c(N[C@@H]3CCN(C)C[C@@H]3F)cccc12)C(F)(F)F. The van der Waals surface area contributed by atoms with E-state index in [4.69, 9.17) is 4.42 Å². The fourth-order valence-electron chi connectivity index (χ4n) is 4.05. The average molecular weight is 490 g/mol. The predicted molar refractivity (Wildman–Crippen MR) is 130 cm³/mol. The molecule has 2 aromatic heterocycles. The highest BCUT2D eigenvalue weighted by atomic mass is 19.4. The van der Waals surface area contributed by atoms with Crippen molar-refractivity contribution in [3.05, 3.63) is 60.3 Å². The number of piperidine rings is 1. The van der Waals surface area contributed by atoms with Gasteiger partial charge in [0.2, 0.25) is 0 Å². The first-order valence-corrected chi connectivity index (χ1v) is 11.2. The van der Waals surface area contributed by atoms with Gasteiger partial charge in [-0.05, 0) is 38.6 Å². The summed E-state index contributed by atoms with van der Waals surface area (Å²) in [6, 6.07) is 6.55. The molecule has 0 saturated carbocycles. The van der Waals surface area contributed by atoms with Gasteiger partial charge in [0, 0.05) is 36.1 Å². The van der Waals surface area contributed by atoms with E-state index in [-0.39, 0.29) is 5.69 Å². The van der Waals surface area contributed by atoms with Gasteiger partial charge in [0.05, 0.1) is 29.2 Å². The fraction of sp³-hybridized carbons (Fsp3) is 0.360. The lowest BCUT2D eigenvalue weighted by Gasteiger charge is -2.33. The van der Waals surface area contributed by atoms with Gasteiger partial charge in [-0.2, -0.15) is 13.2 Å². The molecule has 0 amide bonds. The highest BCUT2D eigenvalue weighted by Crippen LogP contribution is 2.37. The standard InChI is InChI=1S/C25H27F4N5O/c1-15-13-31-24(35-15)30-10-5-6-17-12-19-18(23(32-17)16(2)25(27,28)29)7-4-8-21(19)33-22-9-11-34(3)14-20(22)26/h4-8,12-13,20,22,33H,2,9-11,14H2,1,3H3,(H,30,31)/b6-5+/t20-,22+/m0/s1. The molecule has 35 heavy (non-hydrogen) atoms. The van der Waals surface area contributed by atoms with Crippen molar-refractivity contribution in [1.82, 2.24) is 14.9 Å².